The number of amides is 1. The van der Waals surface area contributed by atoms with E-state index in [0.29, 0.717) is 47.4 Å². The van der Waals surface area contributed by atoms with Crippen molar-refractivity contribution in [2.75, 3.05) is 32.2 Å². The molecule has 4 N–H and O–H groups in total. The fourth-order valence-corrected chi connectivity index (χ4v) is 3.74. The van der Waals surface area contributed by atoms with Crippen LogP contribution < -0.4 is 20.5 Å². The normalized spacial score (nSPS) is 11.0. The molecule has 1 amide bonds. The van der Waals surface area contributed by atoms with Gasteiger partial charge in [-0.15, -0.1) is 0 Å². The Morgan fingerprint density at radius 1 is 1.03 bits per heavy atom. The number of hydrogen-bond donors (Lipinski definition) is 3. The molecule has 0 aliphatic heterocycles. The number of rotatable bonds is 10. The summed E-state index contributed by atoms with van der Waals surface area (Å²) in [5.41, 5.74) is 8.38. The Bertz CT molecular complexity index is 1530. The Hall–Kier alpha value is -4.70. The highest BCUT2D eigenvalue weighted by Gasteiger charge is 2.15. The minimum absolute atomic E-state index is 0.247. The van der Waals surface area contributed by atoms with Crippen molar-refractivity contribution in [3.8, 4) is 22.9 Å². The molecular weight excluding hydrogens is 460 g/mol. The van der Waals surface area contributed by atoms with Gasteiger partial charge in [0.05, 0.1) is 29.4 Å². The molecule has 0 saturated heterocycles. The first kappa shape index (κ1) is 23.1. The molecule has 2 heterocycles. The van der Waals surface area contributed by atoms with Gasteiger partial charge in [-0.3, -0.25) is 9.89 Å². The highest BCUT2D eigenvalue weighted by molar-refractivity contribution is 5.94. The number of anilines is 2. The average molecular weight is 485 g/mol. The maximum Gasteiger partial charge on any atom is 0.255 e. The number of aromatic nitrogens is 4. The fraction of sp³-hybridized carbons (Fsp3) is 0.154. The summed E-state index contributed by atoms with van der Waals surface area (Å²) in [5, 5.41) is 12.2. The van der Waals surface area contributed by atoms with E-state index < -0.39 is 5.91 Å². The second-order valence-corrected chi connectivity index (χ2v) is 7.96. The van der Waals surface area contributed by atoms with Crippen molar-refractivity contribution in [3.05, 3.63) is 66.9 Å². The highest BCUT2D eigenvalue weighted by atomic mass is 16.5. The van der Waals surface area contributed by atoms with Crippen LogP contribution in [0, 0.1) is 0 Å². The highest BCUT2D eigenvalue weighted by Crippen LogP contribution is 2.34. The molecule has 0 aliphatic rings. The van der Waals surface area contributed by atoms with E-state index in [1.54, 1.807) is 19.4 Å². The maximum atomic E-state index is 11.3. The van der Waals surface area contributed by atoms with E-state index >= 15 is 0 Å². The molecule has 182 valence electrons. The minimum Gasteiger partial charge on any atom is -0.491 e. The van der Waals surface area contributed by atoms with Crippen LogP contribution >= 0.6 is 0 Å². The van der Waals surface area contributed by atoms with E-state index in [4.69, 9.17) is 29.9 Å². The molecule has 0 aliphatic carbocycles. The van der Waals surface area contributed by atoms with E-state index in [9.17, 15) is 4.79 Å². The zero-order chi connectivity index (χ0) is 24.9. The number of nitrogens with one attached hydrogen (secondary N) is 2. The number of methoxy groups -OCH3 is 1. The topological polar surface area (TPSA) is 137 Å². The molecule has 0 spiro atoms. The van der Waals surface area contributed by atoms with Gasteiger partial charge in [0.25, 0.3) is 5.91 Å². The molecule has 3 aromatic carbocycles. The molecule has 0 saturated carbocycles. The van der Waals surface area contributed by atoms with E-state index in [0.717, 1.165) is 22.0 Å². The first-order valence-electron chi connectivity index (χ1n) is 11.2. The number of fused-ring (bicyclic) bond motifs is 2. The van der Waals surface area contributed by atoms with Gasteiger partial charge >= 0.3 is 0 Å². The number of primary amides is 1. The Morgan fingerprint density at radius 2 is 1.92 bits per heavy atom. The smallest absolute Gasteiger partial charge is 0.255 e. The van der Waals surface area contributed by atoms with Gasteiger partial charge in [-0.25, -0.2) is 9.97 Å². The lowest BCUT2D eigenvalue weighted by atomic mass is 10.1. The first-order valence-corrected chi connectivity index (χ1v) is 11.2. The molecule has 0 radical (unpaired) electrons. The van der Waals surface area contributed by atoms with Crippen LogP contribution in [-0.2, 0) is 9.53 Å². The number of nitrogens with zero attached hydrogens (tertiary/aromatic N) is 3. The van der Waals surface area contributed by atoms with Crippen LogP contribution in [0.1, 0.15) is 0 Å². The molecule has 5 aromatic rings. The van der Waals surface area contributed by atoms with Crippen LogP contribution in [-0.4, -0.2) is 53.0 Å². The summed E-state index contributed by atoms with van der Waals surface area (Å²) in [6.45, 7) is 0.652. The second kappa shape index (κ2) is 10.3. The van der Waals surface area contributed by atoms with Crippen LogP contribution in [0.2, 0.25) is 0 Å². The number of aromatic amines is 1. The van der Waals surface area contributed by atoms with Crippen LogP contribution in [0.15, 0.2) is 66.9 Å². The number of nitrogens with two attached hydrogens (primary N) is 1. The Morgan fingerprint density at radius 3 is 2.78 bits per heavy atom. The summed E-state index contributed by atoms with van der Waals surface area (Å²) in [6.07, 6.45) is 1.76. The van der Waals surface area contributed by atoms with Crippen LogP contribution in [0.25, 0.3) is 33.2 Å². The van der Waals surface area contributed by atoms with Gasteiger partial charge < -0.3 is 25.3 Å². The molecule has 0 unspecified atom stereocenters. The van der Waals surface area contributed by atoms with Gasteiger partial charge in [-0.2, -0.15) is 5.10 Å². The summed E-state index contributed by atoms with van der Waals surface area (Å²) >= 11 is 0. The van der Waals surface area contributed by atoms with E-state index in [2.05, 4.69) is 15.5 Å². The minimum atomic E-state index is -0.567. The summed E-state index contributed by atoms with van der Waals surface area (Å²) in [6, 6.07) is 18.7. The average Bonchev–Trinajstić information content (AvgIpc) is 3.36. The summed E-state index contributed by atoms with van der Waals surface area (Å²) in [7, 11) is 1.63. The van der Waals surface area contributed by atoms with E-state index in [-0.39, 0.29) is 6.61 Å². The van der Waals surface area contributed by atoms with Crippen molar-refractivity contribution in [1.82, 2.24) is 20.2 Å². The van der Waals surface area contributed by atoms with Gasteiger partial charge in [-0.05, 0) is 48.5 Å². The van der Waals surface area contributed by atoms with Gasteiger partial charge in [-0.1, -0.05) is 12.1 Å². The Balaban J connectivity index is 1.59. The molecule has 0 fully saturated rings. The molecule has 0 bridgehead atoms. The monoisotopic (exact) mass is 484 g/mol. The predicted octanol–water partition coefficient (Wildman–Crippen LogP) is 3.81. The van der Waals surface area contributed by atoms with Crippen LogP contribution in [0.3, 0.4) is 0 Å². The molecule has 2 aromatic heterocycles. The summed E-state index contributed by atoms with van der Waals surface area (Å²) < 4.78 is 16.5. The standard InChI is InChI=1S/C26H24N6O4/c1-34-10-11-35-18-7-9-22-20(13-18)26(29-17-6-8-21-16(12-17)14-28-32-21)31-25(30-22)19-4-2-3-5-23(19)36-15-24(27)33/h2-9,12-14H,10-11,15H2,1H3,(H2,27,33)(H,28,32)(H,29,30,31). The number of H-pyrrole nitrogens is 1. The largest absolute Gasteiger partial charge is 0.491 e. The third-order valence-electron chi connectivity index (χ3n) is 5.42. The number of ether oxygens (including phenoxy) is 3. The molecular formula is C26H24N6O4. The number of para-hydroxylation sites is 1. The zero-order valence-electron chi connectivity index (χ0n) is 19.5. The van der Waals surface area contributed by atoms with E-state index in [1.807, 2.05) is 54.6 Å². The molecule has 10 nitrogen and oxygen atoms in total. The zero-order valence-corrected chi connectivity index (χ0v) is 19.5. The van der Waals surface area contributed by atoms with E-state index in [1.165, 1.54) is 0 Å². The molecule has 5 rings (SSSR count). The van der Waals surface area contributed by atoms with Gasteiger partial charge in [0.1, 0.15) is 23.9 Å². The van der Waals surface area contributed by atoms with Crippen molar-refractivity contribution in [2.24, 2.45) is 5.73 Å². The summed E-state index contributed by atoms with van der Waals surface area (Å²) in [4.78, 5) is 20.9. The number of carbonyl (C=O) groups is 1. The van der Waals surface area contributed by atoms with Gasteiger partial charge in [0, 0.05) is 23.6 Å². The molecule has 0 atom stereocenters. The number of hydrogen-bond acceptors (Lipinski definition) is 8. The molecule has 36 heavy (non-hydrogen) atoms. The SMILES string of the molecule is COCCOc1ccc2nc(-c3ccccc3OCC(N)=O)nc(Nc3ccc4[nH]ncc4c3)c2c1. The lowest BCUT2D eigenvalue weighted by Crippen LogP contribution is -2.20. The van der Waals surface area contributed by atoms with Gasteiger partial charge in [0.2, 0.25) is 0 Å². The number of carbonyl (C=O) groups excluding carboxylic acids is 1. The Kier molecular flexibility index (Phi) is 6.59. The van der Waals surface area contributed by atoms with Crippen LogP contribution in [0.4, 0.5) is 11.5 Å². The summed E-state index contributed by atoms with van der Waals surface area (Å²) in [5.74, 6) is 1.58. The van der Waals surface area contributed by atoms with Crippen molar-refractivity contribution in [1.29, 1.82) is 0 Å². The van der Waals surface area contributed by atoms with Crippen LogP contribution in [0.5, 0.6) is 11.5 Å². The first-order chi connectivity index (χ1) is 17.6. The third kappa shape index (κ3) is 5.03. The van der Waals surface area contributed by atoms with Crippen molar-refractivity contribution >= 4 is 39.2 Å². The van der Waals surface area contributed by atoms with Gasteiger partial charge in [0.15, 0.2) is 12.4 Å². The van der Waals surface area contributed by atoms with Crippen molar-refractivity contribution in [2.45, 2.75) is 0 Å². The maximum absolute atomic E-state index is 11.3. The molecule has 10 heteroatoms. The van der Waals surface area contributed by atoms with Crippen molar-refractivity contribution < 1.29 is 19.0 Å². The third-order valence-corrected chi connectivity index (χ3v) is 5.42. The lowest BCUT2D eigenvalue weighted by molar-refractivity contribution is -0.119. The quantitative estimate of drug-likeness (QED) is 0.255. The van der Waals surface area contributed by atoms with Crippen molar-refractivity contribution in [3.63, 3.8) is 0 Å². The second-order valence-electron chi connectivity index (χ2n) is 7.96. The fourth-order valence-electron chi connectivity index (χ4n) is 3.74. The lowest BCUT2D eigenvalue weighted by Gasteiger charge is -2.14. The Labute approximate surface area is 206 Å². The number of benzene rings is 3. The predicted molar refractivity (Wildman–Crippen MR) is 136 cm³/mol.